The zero-order chi connectivity index (χ0) is 13.5. The van der Waals surface area contributed by atoms with E-state index in [1.165, 1.54) is 0 Å². The largest absolute Gasteiger partial charge is 0.356 e. The van der Waals surface area contributed by atoms with Crippen LogP contribution in [0.4, 0.5) is 0 Å². The summed E-state index contributed by atoms with van der Waals surface area (Å²) in [6, 6.07) is 16.0. The van der Waals surface area contributed by atoms with Gasteiger partial charge in [-0.2, -0.15) is 0 Å². The lowest BCUT2D eigenvalue weighted by Crippen LogP contribution is -1.99. The van der Waals surface area contributed by atoms with E-state index in [4.69, 9.17) is 4.52 Å². The maximum Gasteiger partial charge on any atom is 0.167 e. The van der Waals surface area contributed by atoms with Crippen molar-refractivity contribution in [2.75, 3.05) is 0 Å². The fourth-order valence-corrected chi connectivity index (χ4v) is 2.57. The van der Waals surface area contributed by atoms with Crippen molar-refractivity contribution in [2.45, 2.75) is 6.42 Å². The third-order valence-corrected chi connectivity index (χ3v) is 3.66. The average Bonchev–Trinajstić information content (AvgIpc) is 3.03. The van der Waals surface area contributed by atoms with E-state index in [9.17, 15) is 0 Å². The van der Waals surface area contributed by atoms with Gasteiger partial charge < -0.3 is 9.09 Å². The number of aromatic nitrogens is 3. The minimum atomic E-state index is 0.669. The molecule has 0 aliphatic rings. The van der Waals surface area contributed by atoms with Gasteiger partial charge in [-0.3, -0.25) is 0 Å². The van der Waals surface area contributed by atoms with Crippen molar-refractivity contribution < 1.29 is 4.52 Å². The van der Waals surface area contributed by atoms with E-state index in [-0.39, 0.29) is 0 Å². The smallest absolute Gasteiger partial charge is 0.167 e. The standard InChI is InChI=1S/C16H13N3O/c1-19-14-8-4-3-7-12(14)17-16(19)10-13-11-6-2-5-9-15(11)20-18-13/h2-9H,10H2,1H3. The van der Waals surface area contributed by atoms with Crippen molar-refractivity contribution in [3.63, 3.8) is 0 Å². The van der Waals surface area contributed by atoms with E-state index in [2.05, 4.69) is 20.8 Å². The minimum absolute atomic E-state index is 0.669. The first kappa shape index (κ1) is 11.2. The van der Waals surface area contributed by atoms with Gasteiger partial charge in [0, 0.05) is 12.4 Å². The molecule has 4 aromatic rings. The molecule has 0 fully saturated rings. The number of imidazole rings is 1. The van der Waals surface area contributed by atoms with E-state index in [0.29, 0.717) is 6.42 Å². The fourth-order valence-electron chi connectivity index (χ4n) is 2.57. The highest BCUT2D eigenvalue weighted by Crippen LogP contribution is 2.22. The maximum atomic E-state index is 5.35. The number of rotatable bonds is 2. The molecule has 2 heterocycles. The molecule has 0 unspecified atom stereocenters. The topological polar surface area (TPSA) is 43.9 Å². The highest BCUT2D eigenvalue weighted by Gasteiger charge is 2.13. The summed E-state index contributed by atoms with van der Waals surface area (Å²) in [7, 11) is 2.03. The van der Waals surface area contributed by atoms with Gasteiger partial charge in [0.25, 0.3) is 0 Å². The number of nitrogens with zero attached hydrogens (tertiary/aromatic N) is 3. The predicted molar refractivity (Wildman–Crippen MR) is 77.5 cm³/mol. The number of para-hydroxylation sites is 3. The molecule has 0 aliphatic carbocycles. The van der Waals surface area contributed by atoms with Gasteiger partial charge >= 0.3 is 0 Å². The van der Waals surface area contributed by atoms with Crippen LogP contribution in [0.1, 0.15) is 11.5 Å². The van der Waals surface area contributed by atoms with Crippen LogP contribution in [0.3, 0.4) is 0 Å². The minimum Gasteiger partial charge on any atom is -0.356 e. The molecule has 0 saturated carbocycles. The number of benzene rings is 2. The summed E-state index contributed by atoms with van der Waals surface area (Å²) in [6.45, 7) is 0. The molecular weight excluding hydrogens is 250 g/mol. The molecule has 4 heteroatoms. The first-order valence-electron chi connectivity index (χ1n) is 6.56. The molecule has 0 N–H and O–H groups in total. The maximum absolute atomic E-state index is 5.35. The van der Waals surface area contributed by atoms with Crippen molar-refractivity contribution in [1.29, 1.82) is 0 Å². The van der Waals surface area contributed by atoms with E-state index >= 15 is 0 Å². The van der Waals surface area contributed by atoms with Crippen molar-refractivity contribution in [1.82, 2.24) is 14.7 Å². The summed E-state index contributed by atoms with van der Waals surface area (Å²) in [6.07, 6.45) is 0.669. The third kappa shape index (κ3) is 1.61. The molecule has 4 rings (SSSR count). The molecule has 0 amide bonds. The van der Waals surface area contributed by atoms with Crippen LogP contribution < -0.4 is 0 Å². The highest BCUT2D eigenvalue weighted by molar-refractivity contribution is 5.80. The van der Waals surface area contributed by atoms with Crippen LogP contribution in [0.5, 0.6) is 0 Å². The van der Waals surface area contributed by atoms with Crippen molar-refractivity contribution in [3.05, 3.63) is 60.0 Å². The lowest BCUT2D eigenvalue weighted by molar-refractivity contribution is 0.447. The predicted octanol–water partition coefficient (Wildman–Crippen LogP) is 3.31. The highest BCUT2D eigenvalue weighted by atomic mass is 16.5. The molecule has 98 valence electrons. The summed E-state index contributed by atoms with van der Waals surface area (Å²) < 4.78 is 7.46. The molecule has 0 aliphatic heterocycles. The average molecular weight is 263 g/mol. The van der Waals surface area contributed by atoms with Crippen LogP contribution in [0, 0.1) is 0 Å². The Morgan fingerprint density at radius 1 is 1.05 bits per heavy atom. The lowest BCUT2D eigenvalue weighted by Gasteiger charge is -1.99. The van der Waals surface area contributed by atoms with Gasteiger partial charge in [0.15, 0.2) is 5.58 Å². The van der Waals surface area contributed by atoms with Gasteiger partial charge in [-0.1, -0.05) is 29.4 Å². The van der Waals surface area contributed by atoms with Crippen molar-refractivity contribution in [2.24, 2.45) is 7.05 Å². The Morgan fingerprint density at radius 2 is 1.85 bits per heavy atom. The van der Waals surface area contributed by atoms with Crippen LogP contribution in [0.2, 0.25) is 0 Å². The summed E-state index contributed by atoms with van der Waals surface area (Å²) in [4.78, 5) is 4.68. The first-order chi connectivity index (χ1) is 9.83. The Balaban J connectivity index is 1.83. The molecule has 2 aromatic carbocycles. The van der Waals surface area contributed by atoms with Gasteiger partial charge in [-0.05, 0) is 24.3 Å². The van der Waals surface area contributed by atoms with Crippen molar-refractivity contribution >= 4 is 22.0 Å². The molecule has 0 saturated heterocycles. The second kappa shape index (κ2) is 4.20. The summed E-state index contributed by atoms with van der Waals surface area (Å²) in [5.74, 6) is 0.991. The molecule has 0 spiro atoms. The Hall–Kier alpha value is -2.62. The SMILES string of the molecule is Cn1c(Cc2noc3ccccc23)nc2ccccc21. The van der Waals surface area contributed by atoms with E-state index in [1.807, 2.05) is 49.5 Å². The Morgan fingerprint density at radius 3 is 2.75 bits per heavy atom. The summed E-state index contributed by atoms with van der Waals surface area (Å²) in [5.41, 5.74) is 3.90. The fraction of sp³-hybridized carbons (Fsp3) is 0.125. The second-order valence-electron chi connectivity index (χ2n) is 4.88. The molecular formula is C16H13N3O. The van der Waals surface area contributed by atoms with Crippen LogP contribution in [0.15, 0.2) is 53.1 Å². The van der Waals surface area contributed by atoms with Gasteiger partial charge in [0.2, 0.25) is 0 Å². The lowest BCUT2D eigenvalue weighted by atomic mass is 10.2. The third-order valence-electron chi connectivity index (χ3n) is 3.66. The number of aryl methyl sites for hydroxylation is 1. The molecule has 4 nitrogen and oxygen atoms in total. The quantitative estimate of drug-likeness (QED) is 0.557. The monoisotopic (exact) mass is 263 g/mol. The van der Waals surface area contributed by atoms with Gasteiger partial charge in [-0.25, -0.2) is 4.98 Å². The first-order valence-corrected chi connectivity index (χ1v) is 6.56. The Bertz CT molecular complexity index is 904. The Labute approximate surface area is 115 Å². The molecule has 0 bridgehead atoms. The molecule has 2 aromatic heterocycles. The van der Waals surface area contributed by atoms with Gasteiger partial charge in [-0.15, -0.1) is 0 Å². The van der Waals surface area contributed by atoms with Gasteiger partial charge in [0.1, 0.15) is 5.82 Å². The van der Waals surface area contributed by atoms with Crippen LogP contribution in [0.25, 0.3) is 22.0 Å². The number of hydrogen-bond donors (Lipinski definition) is 0. The van der Waals surface area contributed by atoms with E-state index < -0.39 is 0 Å². The van der Waals surface area contributed by atoms with Crippen LogP contribution in [-0.2, 0) is 13.5 Å². The zero-order valence-electron chi connectivity index (χ0n) is 11.1. The van der Waals surface area contributed by atoms with Gasteiger partial charge in [0.05, 0.1) is 23.1 Å². The number of fused-ring (bicyclic) bond motifs is 2. The van der Waals surface area contributed by atoms with E-state index in [1.54, 1.807) is 0 Å². The van der Waals surface area contributed by atoms with Crippen LogP contribution >= 0.6 is 0 Å². The van der Waals surface area contributed by atoms with E-state index in [0.717, 1.165) is 33.5 Å². The summed E-state index contributed by atoms with van der Waals surface area (Å²) >= 11 is 0. The summed E-state index contributed by atoms with van der Waals surface area (Å²) in [5, 5.41) is 5.23. The molecule has 20 heavy (non-hydrogen) atoms. The zero-order valence-corrected chi connectivity index (χ0v) is 11.1. The van der Waals surface area contributed by atoms with Crippen molar-refractivity contribution in [3.8, 4) is 0 Å². The normalized spacial score (nSPS) is 11.4. The number of hydrogen-bond acceptors (Lipinski definition) is 3. The van der Waals surface area contributed by atoms with Crippen LogP contribution in [-0.4, -0.2) is 14.7 Å². The second-order valence-corrected chi connectivity index (χ2v) is 4.88. The Kier molecular flexibility index (Phi) is 2.36. The molecule has 0 radical (unpaired) electrons. The molecule has 0 atom stereocenters.